The maximum atomic E-state index is 10.8. The molecule has 0 fully saturated rings. The van der Waals surface area contributed by atoms with Gasteiger partial charge >= 0.3 is 0 Å². The smallest absolute Gasteiger partial charge is 0.221 e. The average molecular weight is 193 g/mol. The highest BCUT2D eigenvalue weighted by Crippen LogP contribution is 2.24. The normalized spacial score (nSPS) is 9.29. The molecule has 14 heavy (non-hydrogen) atoms. The first-order chi connectivity index (χ1) is 6.69. The minimum Gasteiger partial charge on any atom is -0.496 e. The fraction of sp³-hybridized carbons (Fsp3) is 0.200. The van der Waals surface area contributed by atoms with Crippen LogP contribution >= 0.6 is 0 Å². The van der Waals surface area contributed by atoms with E-state index in [0.717, 1.165) is 0 Å². The zero-order valence-electron chi connectivity index (χ0n) is 8.03. The number of nitrogens with one attached hydrogen (secondary N) is 1. The molecule has 1 rings (SSSR count). The lowest BCUT2D eigenvalue weighted by atomic mass is 10.1. The van der Waals surface area contributed by atoms with Crippen LogP contribution in [-0.4, -0.2) is 19.3 Å². The van der Waals surface area contributed by atoms with Gasteiger partial charge in [0.05, 0.1) is 18.4 Å². The Morgan fingerprint density at radius 1 is 1.50 bits per heavy atom. The Kier molecular flexibility index (Phi) is 3.23. The quantitative estimate of drug-likeness (QED) is 0.739. The molecule has 4 heteroatoms. The summed E-state index contributed by atoms with van der Waals surface area (Å²) in [6.45, 7) is 1.38. The van der Waals surface area contributed by atoms with E-state index in [1.54, 1.807) is 18.2 Å². The van der Waals surface area contributed by atoms with Gasteiger partial charge in [0.2, 0.25) is 5.91 Å². The van der Waals surface area contributed by atoms with Gasteiger partial charge in [-0.3, -0.25) is 9.59 Å². The van der Waals surface area contributed by atoms with Crippen molar-refractivity contribution in [3.8, 4) is 5.75 Å². The van der Waals surface area contributed by atoms with Crippen LogP contribution in [0, 0.1) is 0 Å². The number of carbonyl (C=O) groups is 2. The molecule has 1 aromatic carbocycles. The maximum Gasteiger partial charge on any atom is 0.221 e. The molecule has 0 aliphatic carbocycles. The molecule has 0 saturated heterocycles. The Balaban J connectivity index is 3.14. The van der Waals surface area contributed by atoms with Crippen LogP contribution in [-0.2, 0) is 4.79 Å². The number of hydrogen-bond acceptors (Lipinski definition) is 3. The van der Waals surface area contributed by atoms with E-state index >= 15 is 0 Å². The summed E-state index contributed by atoms with van der Waals surface area (Å²) >= 11 is 0. The van der Waals surface area contributed by atoms with E-state index in [1.165, 1.54) is 14.0 Å². The van der Waals surface area contributed by atoms with Crippen molar-refractivity contribution >= 4 is 17.9 Å². The molecule has 0 saturated carbocycles. The lowest BCUT2D eigenvalue weighted by Crippen LogP contribution is -2.08. The minimum absolute atomic E-state index is 0.221. The molecule has 0 spiro atoms. The zero-order valence-corrected chi connectivity index (χ0v) is 8.03. The number of carbonyl (C=O) groups excluding carboxylic acids is 2. The molecule has 0 heterocycles. The molecule has 4 nitrogen and oxygen atoms in total. The zero-order chi connectivity index (χ0) is 10.6. The first kappa shape index (κ1) is 10.2. The van der Waals surface area contributed by atoms with Crippen LogP contribution in [0.4, 0.5) is 5.69 Å². The molecule has 0 aliphatic heterocycles. The largest absolute Gasteiger partial charge is 0.496 e. The molecular weight excluding hydrogens is 182 g/mol. The molecule has 0 aliphatic rings. The Morgan fingerprint density at radius 2 is 2.21 bits per heavy atom. The number of benzene rings is 1. The minimum atomic E-state index is -0.221. The molecule has 74 valence electrons. The molecule has 0 radical (unpaired) electrons. The Morgan fingerprint density at radius 3 is 2.71 bits per heavy atom. The number of ether oxygens (including phenoxy) is 1. The second-order valence-corrected chi connectivity index (χ2v) is 2.72. The second kappa shape index (κ2) is 4.41. The Hall–Kier alpha value is -1.84. The van der Waals surface area contributed by atoms with Gasteiger partial charge in [-0.2, -0.15) is 0 Å². The predicted molar refractivity (Wildman–Crippen MR) is 52.7 cm³/mol. The standard InChI is InChI=1S/C10H11NO3/c1-7(13)11-9-4-3-5-10(14-2)8(9)6-12/h3-6H,1-2H3,(H,11,13). The molecule has 1 amide bonds. The van der Waals surface area contributed by atoms with Crippen LogP contribution in [0.25, 0.3) is 0 Å². The number of anilines is 1. The summed E-state index contributed by atoms with van der Waals surface area (Å²) in [5, 5.41) is 2.55. The van der Waals surface area contributed by atoms with E-state index in [0.29, 0.717) is 23.3 Å². The van der Waals surface area contributed by atoms with Crippen molar-refractivity contribution in [1.29, 1.82) is 0 Å². The average Bonchev–Trinajstić information content (AvgIpc) is 2.16. The van der Waals surface area contributed by atoms with E-state index in [9.17, 15) is 9.59 Å². The van der Waals surface area contributed by atoms with E-state index in [2.05, 4.69) is 5.32 Å². The van der Waals surface area contributed by atoms with Gasteiger partial charge in [0.1, 0.15) is 5.75 Å². The van der Waals surface area contributed by atoms with Gasteiger partial charge in [-0.15, -0.1) is 0 Å². The van der Waals surface area contributed by atoms with Crippen molar-refractivity contribution in [3.05, 3.63) is 23.8 Å². The summed E-state index contributed by atoms with van der Waals surface area (Å²) in [5.41, 5.74) is 0.817. The van der Waals surface area contributed by atoms with Crippen molar-refractivity contribution < 1.29 is 14.3 Å². The lowest BCUT2D eigenvalue weighted by Gasteiger charge is -2.08. The summed E-state index contributed by atoms with van der Waals surface area (Å²) < 4.78 is 4.98. The first-order valence-electron chi connectivity index (χ1n) is 4.08. The van der Waals surface area contributed by atoms with Crippen molar-refractivity contribution in [2.75, 3.05) is 12.4 Å². The number of rotatable bonds is 3. The third-order valence-corrected chi connectivity index (χ3v) is 1.71. The topological polar surface area (TPSA) is 55.4 Å². The molecule has 1 N–H and O–H groups in total. The van der Waals surface area contributed by atoms with E-state index < -0.39 is 0 Å². The van der Waals surface area contributed by atoms with Crippen molar-refractivity contribution in [3.63, 3.8) is 0 Å². The maximum absolute atomic E-state index is 10.8. The third-order valence-electron chi connectivity index (χ3n) is 1.71. The SMILES string of the molecule is COc1cccc(NC(C)=O)c1C=O. The van der Waals surface area contributed by atoms with Gasteiger partial charge in [-0.25, -0.2) is 0 Å². The van der Waals surface area contributed by atoms with Gasteiger partial charge in [0.25, 0.3) is 0 Å². The fourth-order valence-corrected chi connectivity index (χ4v) is 1.14. The molecule has 0 aromatic heterocycles. The van der Waals surface area contributed by atoms with Crippen LogP contribution in [0.3, 0.4) is 0 Å². The van der Waals surface area contributed by atoms with Gasteiger partial charge in [0.15, 0.2) is 6.29 Å². The van der Waals surface area contributed by atoms with Gasteiger partial charge < -0.3 is 10.1 Å². The van der Waals surface area contributed by atoms with Crippen LogP contribution in [0.15, 0.2) is 18.2 Å². The van der Waals surface area contributed by atoms with Crippen molar-refractivity contribution in [2.45, 2.75) is 6.92 Å². The van der Waals surface area contributed by atoms with E-state index in [-0.39, 0.29) is 5.91 Å². The van der Waals surface area contributed by atoms with Crippen molar-refractivity contribution in [2.24, 2.45) is 0 Å². The number of hydrogen-bond donors (Lipinski definition) is 1. The van der Waals surface area contributed by atoms with Crippen LogP contribution in [0.5, 0.6) is 5.75 Å². The number of methoxy groups -OCH3 is 1. The summed E-state index contributed by atoms with van der Waals surface area (Å²) in [7, 11) is 1.47. The van der Waals surface area contributed by atoms with Crippen LogP contribution in [0.1, 0.15) is 17.3 Å². The lowest BCUT2D eigenvalue weighted by molar-refractivity contribution is -0.114. The van der Waals surface area contributed by atoms with Crippen LogP contribution in [0.2, 0.25) is 0 Å². The molecule has 1 aromatic rings. The van der Waals surface area contributed by atoms with Gasteiger partial charge in [0, 0.05) is 6.92 Å². The van der Waals surface area contributed by atoms with Gasteiger partial charge in [-0.05, 0) is 12.1 Å². The fourth-order valence-electron chi connectivity index (χ4n) is 1.14. The van der Waals surface area contributed by atoms with Gasteiger partial charge in [-0.1, -0.05) is 6.07 Å². The highest BCUT2D eigenvalue weighted by Gasteiger charge is 2.08. The third kappa shape index (κ3) is 2.10. The summed E-state index contributed by atoms with van der Waals surface area (Å²) in [6.07, 6.45) is 0.657. The number of amides is 1. The van der Waals surface area contributed by atoms with Crippen molar-refractivity contribution in [1.82, 2.24) is 0 Å². The van der Waals surface area contributed by atoms with Crippen LogP contribution < -0.4 is 10.1 Å². The second-order valence-electron chi connectivity index (χ2n) is 2.72. The highest BCUT2D eigenvalue weighted by molar-refractivity contribution is 5.96. The molecule has 0 bridgehead atoms. The highest BCUT2D eigenvalue weighted by atomic mass is 16.5. The van der Waals surface area contributed by atoms with E-state index in [1.807, 2.05) is 0 Å². The summed E-state index contributed by atoms with van der Waals surface area (Å²) in [6, 6.07) is 5.01. The van der Waals surface area contributed by atoms with E-state index in [4.69, 9.17) is 4.74 Å². The predicted octanol–water partition coefficient (Wildman–Crippen LogP) is 1.47. The Bertz CT molecular complexity index is 360. The molecule has 0 atom stereocenters. The summed E-state index contributed by atoms with van der Waals surface area (Å²) in [5.74, 6) is 0.229. The Labute approximate surface area is 81.9 Å². The summed E-state index contributed by atoms with van der Waals surface area (Å²) in [4.78, 5) is 21.6. The number of aldehydes is 1. The first-order valence-corrected chi connectivity index (χ1v) is 4.08. The monoisotopic (exact) mass is 193 g/mol. The molecular formula is C10H11NO3. The molecule has 0 unspecified atom stereocenters.